The Hall–Kier alpha value is -8.62. The van der Waals surface area contributed by atoms with Crippen molar-refractivity contribution in [2.24, 2.45) is 0 Å². The molecule has 0 N–H and O–H groups in total. The van der Waals surface area contributed by atoms with E-state index in [-0.39, 0.29) is 73.2 Å². The number of non-ortho nitro benzene ring substituents is 3. The zero-order chi connectivity index (χ0) is 67.3. The van der Waals surface area contributed by atoms with Crippen molar-refractivity contribution in [1.82, 2.24) is 0 Å². The number of nitro benzene ring substituents is 3. The normalized spacial score (nSPS) is 13.6. The number of carbonyl (C=O) groups is 2. The van der Waals surface area contributed by atoms with Crippen LogP contribution in [0.2, 0.25) is 0 Å². The van der Waals surface area contributed by atoms with Crippen LogP contribution in [0.1, 0.15) is 199 Å². The van der Waals surface area contributed by atoms with Crippen LogP contribution < -0.4 is 0 Å². The molecule has 0 heterocycles. The van der Waals surface area contributed by atoms with Crippen LogP contribution in [0.4, 0.5) is 17.1 Å². The first-order valence-corrected chi connectivity index (χ1v) is 33.7. The number of rotatable bonds is 21. The molecular weight excluding hydrogens is 1230 g/mol. The summed E-state index contributed by atoms with van der Waals surface area (Å²) in [6.45, 7) is 24.6. The van der Waals surface area contributed by atoms with Gasteiger partial charge in [-0.3, -0.25) is 39.9 Å². The molecule has 0 saturated carbocycles. The van der Waals surface area contributed by atoms with Gasteiger partial charge in [-0.15, -0.1) is 0 Å². The van der Waals surface area contributed by atoms with E-state index in [2.05, 4.69) is 145 Å². The van der Waals surface area contributed by atoms with Crippen LogP contribution in [0.5, 0.6) is 0 Å². The number of carbonyl (C=O) groups excluding carboxylic acids is 2. The minimum Gasteiger partial charge on any atom is -0.461 e. The Labute approximate surface area is 556 Å². The van der Waals surface area contributed by atoms with Crippen LogP contribution in [-0.4, -0.2) is 26.7 Å². The van der Waals surface area contributed by atoms with Gasteiger partial charge in [0.15, 0.2) is 0 Å². The van der Waals surface area contributed by atoms with Gasteiger partial charge in [-0.2, -0.15) is 0 Å². The average Bonchev–Trinajstić information content (AvgIpc) is 1.59. The predicted molar refractivity (Wildman–Crippen MR) is 376 cm³/mol. The molecule has 93 heavy (non-hydrogen) atoms. The Kier molecular flexibility index (Phi) is 21.2. The van der Waals surface area contributed by atoms with Gasteiger partial charge in [-0.1, -0.05) is 145 Å². The quantitative estimate of drug-likeness (QED) is 0.0381. The van der Waals surface area contributed by atoms with E-state index in [4.69, 9.17) is 9.47 Å². The first kappa shape index (κ1) is 68.7. The van der Waals surface area contributed by atoms with Crippen molar-refractivity contribution >= 4 is 44.9 Å². The maximum Gasteiger partial charge on any atom is 0.302 e. The van der Waals surface area contributed by atoms with Crippen molar-refractivity contribution < 1.29 is 33.8 Å². The highest BCUT2D eigenvalue weighted by Gasteiger charge is 2.46. The number of ether oxygens (including phenoxy) is 2. The molecule has 11 rings (SSSR count). The van der Waals surface area contributed by atoms with E-state index in [1.165, 1.54) is 69.5 Å². The SMILES string of the molecule is CCCC1(CCC)c2cc(-c3cc(C)c(C)cc3C)ccc2-c2ccc([N+](=O)[O-])cc21.CCCC1(CCC)c2cc(-c3cc(COC(C)=O)c(C)cc3COC(C)=O)ccc2-c2ccc([N+](=O)[O-])cc21.CCCC1(CCC)c2cc(Br)ccc2-c2ccc([N+](=O)[O-])cc21. The van der Waals surface area contributed by atoms with E-state index < -0.39 is 0 Å². The summed E-state index contributed by atoms with van der Waals surface area (Å²) < 4.78 is 11.8. The molecule has 0 fully saturated rings. The molecule has 0 aliphatic heterocycles. The van der Waals surface area contributed by atoms with Gasteiger partial charge in [-0.25, -0.2) is 0 Å². The van der Waals surface area contributed by atoms with Gasteiger partial charge in [0.25, 0.3) is 17.1 Å². The molecule has 8 aromatic carbocycles. The predicted octanol–water partition coefficient (Wildman–Crippen LogP) is 21.8. The monoisotopic (exact) mass is 1320 g/mol. The molecule has 3 aliphatic carbocycles. The molecule has 3 aliphatic rings. The molecule has 14 heteroatoms. The number of hydrogen-bond donors (Lipinski definition) is 0. The van der Waals surface area contributed by atoms with Crippen LogP contribution in [0.15, 0.2) is 138 Å². The topological polar surface area (TPSA) is 182 Å². The zero-order valence-corrected chi connectivity index (χ0v) is 57.5. The summed E-state index contributed by atoms with van der Waals surface area (Å²) in [5, 5.41) is 34.5. The molecule has 0 amide bonds. The third kappa shape index (κ3) is 13.3. The molecule has 0 aromatic heterocycles. The minimum atomic E-state index is -0.363. The molecule has 484 valence electrons. The van der Waals surface area contributed by atoms with Crippen molar-refractivity contribution in [3.8, 4) is 55.6 Å². The third-order valence-corrected chi connectivity index (χ3v) is 20.1. The lowest BCUT2D eigenvalue weighted by Crippen LogP contribution is -2.25. The van der Waals surface area contributed by atoms with Crippen LogP contribution in [0, 0.1) is 58.0 Å². The van der Waals surface area contributed by atoms with Gasteiger partial charge in [0.2, 0.25) is 0 Å². The second-order valence-electron chi connectivity index (χ2n) is 25.7. The van der Waals surface area contributed by atoms with E-state index in [1.807, 2.05) is 43.3 Å². The van der Waals surface area contributed by atoms with Crippen molar-refractivity contribution in [3.05, 3.63) is 235 Å². The number of esters is 2. The first-order valence-electron chi connectivity index (χ1n) is 32.9. The molecule has 0 radical (unpaired) electrons. The minimum absolute atomic E-state index is 0.107. The Balaban J connectivity index is 0.000000170. The fraction of sp³-hybridized carbons (Fsp3) is 0.367. The lowest BCUT2D eigenvalue weighted by molar-refractivity contribution is -0.385. The average molecular weight is 1320 g/mol. The van der Waals surface area contributed by atoms with Crippen LogP contribution in [0.3, 0.4) is 0 Å². The molecule has 13 nitrogen and oxygen atoms in total. The molecule has 0 bridgehead atoms. The van der Waals surface area contributed by atoms with E-state index in [1.54, 1.807) is 30.3 Å². The van der Waals surface area contributed by atoms with Crippen molar-refractivity contribution in [2.45, 2.75) is 190 Å². The second-order valence-corrected chi connectivity index (χ2v) is 26.6. The maximum atomic E-state index is 11.7. The number of hydrogen-bond acceptors (Lipinski definition) is 10. The Bertz CT molecular complexity index is 4210. The number of fused-ring (bicyclic) bond motifs is 9. The summed E-state index contributed by atoms with van der Waals surface area (Å²) in [5.41, 5.74) is 24.8. The first-order chi connectivity index (χ1) is 44.5. The van der Waals surface area contributed by atoms with Gasteiger partial charge in [0.05, 0.1) is 14.8 Å². The summed E-state index contributed by atoms with van der Waals surface area (Å²) in [5.74, 6) is -0.716. The standard InChI is InChI=1S/C32H35NO6.C28H31NO2.C19H20BrNO2/c1-6-12-32(13-7-2)30-16-23(8-10-27(30)28-11-9-26(33(36)37)17-31(28)32)29-15-24(18-38-21(4)34)20(3)14-25(29)19-39-22(5)35;1-6-12-28(13-7-2)26-16-21(25-15-19(4)18(3)14-20(25)5)8-10-23(26)24-11-9-22(29(30)31)17-27(24)28;1-3-9-19(10-4-2)17-11-13(20)5-7-15(17)16-8-6-14(21(22)23)12-18(16)19/h8-11,14-17H,6-7,12-13,18-19H2,1-5H3;8-11,14-17H,6-7,12-13H2,1-5H3;5-8,11-12H,3-4,9-10H2,1-2H3. The Morgan fingerprint density at radius 3 is 1.05 bits per heavy atom. The summed E-state index contributed by atoms with van der Waals surface area (Å²) in [6.07, 6.45) is 11.8. The highest BCUT2D eigenvalue weighted by molar-refractivity contribution is 9.10. The van der Waals surface area contributed by atoms with Crippen LogP contribution in [-0.2, 0) is 48.5 Å². The van der Waals surface area contributed by atoms with Gasteiger partial charge in [0, 0.05) is 71.0 Å². The number of benzene rings is 8. The van der Waals surface area contributed by atoms with Gasteiger partial charge in [0.1, 0.15) is 13.2 Å². The smallest absolute Gasteiger partial charge is 0.302 e. The van der Waals surface area contributed by atoms with Crippen molar-refractivity contribution in [2.75, 3.05) is 0 Å². The third-order valence-electron chi connectivity index (χ3n) is 19.6. The van der Waals surface area contributed by atoms with Crippen LogP contribution in [0.25, 0.3) is 55.6 Å². The van der Waals surface area contributed by atoms with Crippen molar-refractivity contribution in [1.29, 1.82) is 0 Å². The van der Waals surface area contributed by atoms with E-state index in [9.17, 15) is 39.9 Å². The molecule has 0 spiro atoms. The summed E-state index contributed by atoms with van der Waals surface area (Å²) >= 11 is 3.59. The van der Waals surface area contributed by atoms with Crippen LogP contribution >= 0.6 is 15.9 Å². The molecule has 0 saturated heterocycles. The van der Waals surface area contributed by atoms with Gasteiger partial charge in [-0.05, 0) is 237 Å². The second kappa shape index (κ2) is 28.7. The summed E-state index contributed by atoms with van der Waals surface area (Å²) in [7, 11) is 0. The van der Waals surface area contributed by atoms with Gasteiger partial charge < -0.3 is 9.47 Å². The largest absolute Gasteiger partial charge is 0.461 e. The Morgan fingerprint density at radius 2 is 0.688 bits per heavy atom. The zero-order valence-electron chi connectivity index (χ0n) is 55.9. The molecular formula is C79H86BrN3O10. The number of nitro groups is 3. The molecule has 0 unspecified atom stereocenters. The highest BCUT2D eigenvalue weighted by atomic mass is 79.9. The lowest BCUT2D eigenvalue weighted by Gasteiger charge is -2.32. The fourth-order valence-corrected chi connectivity index (χ4v) is 16.0. The lowest BCUT2D eigenvalue weighted by atomic mass is 9.71. The maximum absolute atomic E-state index is 11.7. The van der Waals surface area contributed by atoms with E-state index in [0.717, 1.165) is 148 Å². The number of halogens is 1. The number of aryl methyl sites for hydroxylation is 4. The van der Waals surface area contributed by atoms with Gasteiger partial charge >= 0.3 is 11.9 Å². The molecule has 0 atom stereocenters. The summed E-state index contributed by atoms with van der Waals surface area (Å²) in [4.78, 5) is 56.7. The fourth-order valence-electron chi connectivity index (χ4n) is 15.6. The van der Waals surface area contributed by atoms with Crippen molar-refractivity contribution in [3.63, 3.8) is 0 Å². The molecule has 8 aromatic rings. The highest BCUT2D eigenvalue weighted by Crippen LogP contribution is 2.58. The van der Waals surface area contributed by atoms with E-state index >= 15 is 0 Å². The summed E-state index contributed by atoms with van der Waals surface area (Å²) in [6, 6.07) is 44.1. The number of nitrogens with zero attached hydrogens (tertiary/aromatic N) is 3. The van der Waals surface area contributed by atoms with E-state index in [0.29, 0.717) is 0 Å². The Morgan fingerprint density at radius 1 is 0.366 bits per heavy atom.